The molecule has 0 unspecified atom stereocenters. The van der Waals surface area contributed by atoms with Gasteiger partial charge >= 0.3 is 6.09 Å². The van der Waals surface area contributed by atoms with Crippen LogP contribution in [-0.4, -0.2) is 28.6 Å². The minimum absolute atomic E-state index is 0.180. The van der Waals surface area contributed by atoms with Crippen LogP contribution in [-0.2, 0) is 18.3 Å². The third-order valence-electron chi connectivity index (χ3n) is 4.32. The molecule has 0 spiro atoms. The first-order chi connectivity index (χ1) is 13.7. The zero-order valence-electron chi connectivity index (χ0n) is 17.3. The molecule has 1 aromatic heterocycles. The van der Waals surface area contributed by atoms with Gasteiger partial charge in [-0.15, -0.1) is 0 Å². The lowest BCUT2D eigenvalue weighted by atomic mass is 10.0. The van der Waals surface area contributed by atoms with Gasteiger partial charge in [-0.3, -0.25) is 4.79 Å². The molecule has 0 saturated carbocycles. The van der Waals surface area contributed by atoms with E-state index in [9.17, 15) is 9.59 Å². The van der Waals surface area contributed by atoms with Crippen molar-refractivity contribution in [1.82, 2.24) is 15.1 Å². The highest BCUT2D eigenvalue weighted by atomic mass is 16.6. The predicted molar refractivity (Wildman–Crippen MR) is 112 cm³/mol. The zero-order valence-corrected chi connectivity index (χ0v) is 17.3. The van der Waals surface area contributed by atoms with Crippen LogP contribution >= 0.6 is 0 Å². The van der Waals surface area contributed by atoms with E-state index < -0.39 is 11.7 Å². The first-order valence-electron chi connectivity index (χ1n) is 9.29. The Morgan fingerprint density at radius 3 is 2.41 bits per heavy atom. The molecule has 152 valence electrons. The molecule has 0 saturated heterocycles. The highest BCUT2D eigenvalue weighted by Crippen LogP contribution is 2.27. The van der Waals surface area contributed by atoms with Crippen LogP contribution in [0, 0.1) is 0 Å². The summed E-state index contributed by atoms with van der Waals surface area (Å²) in [5.41, 5.74) is 1.79. The summed E-state index contributed by atoms with van der Waals surface area (Å²) in [5, 5.41) is 8.49. The normalized spacial score (nSPS) is 11.3. The number of rotatable bonds is 4. The van der Waals surface area contributed by atoms with Crippen molar-refractivity contribution in [3.63, 3.8) is 0 Å². The number of aromatic nitrogens is 2. The van der Waals surface area contributed by atoms with E-state index >= 15 is 0 Å². The fraction of sp³-hybridized carbons (Fsp3) is 0.318. The molecule has 1 heterocycles. The average molecular weight is 395 g/mol. The minimum Gasteiger partial charge on any atom is -0.497 e. The van der Waals surface area contributed by atoms with Crippen LogP contribution in [0.2, 0.25) is 0 Å². The second kappa shape index (κ2) is 7.95. The van der Waals surface area contributed by atoms with Crippen LogP contribution in [0.15, 0.2) is 47.3 Å². The van der Waals surface area contributed by atoms with Crippen molar-refractivity contribution in [3.8, 4) is 17.0 Å². The number of hydrogen-bond donors (Lipinski definition) is 1. The van der Waals surface area contributed by atoms with Gasteiger partial charge in [0.15, 0.2) is 0 Å². The lowest BCUT2D eigenvalue weighted by Crippen LogP contribution is -2.32. The van der Waals surface area contributed by atoms with E-state index in [0.717, 1.165) is 16.5 Å². The van der Waals surface area contributed by atoms with E-state index in [1.165, 1.54) is 4.68 Å². The van der Waals surface area contributed by atoms with Crippen molar-refractivity contribution >= 4 is 16.9 Å². The van der Waals surface area contributed by atoms with Crippen LogP contribution < -0.4 is 15.6 Å². The Kier molecular flexibility index (Phi) is 5.59. The van der Waals surface area contributed by atoms with Gasteiger partial charge in [-0.05, 0) is 44.5 Å². The van der Waals surface area contributed by atoms with Crippen molar-refractivity contribution in [2.24, 2.45) is 7.05 Å². The molecule has 0 aliphatic rings. The lowest BCUT2D eigenvalue weighted by Gasteiger charge is -2.19. The maximum absolute atomic E-state index is 12.5. The highest BCUT2D eigenvalue weighted by molar-refractivity contribution is 5.94. The molecule has 3 aromatic rings. The summed E-state index contributed by atoms with van der Waals surface area (Å²) >= 11 is 0. The third kappa shape index (κ3) is 4.74. The van der Waals surface area contributed by atoms with E-state index in [2.05, 4.69) is 10.4 Å². The van der Waals surface area contributed by atoms with Crippen molar-refractivity contribution in [3.05, 3.63) is 58.4 Å². The number of carbonyl (C=O) groups excluding carboxylic acids is 1. The zero-order chi connectivity index (χ0) is 21.2. The number of benzene rings is 2. The minimum atomic E-state index is -0.535. The van der Waals surface area contributed by atoms with Gasteiger partial charge in [0.2, 0.25) is 0 Å². The molecule has 7 nitrogen and oxygen atoms in total. The van der Waals surface area contributed by atoms with Crippen LogP contribution in [0.5, 0.6) is 5.75 Å². The number of carbonyl (C=O) groups is 1. The number of fused-ring (bicyclic) bond motifs is 1. The molecular formula is C22H25N3O4. The summed E-state index contributed by atoms with van der Waals surface area (Å²) in [6.45, 7) is 5.82. The summed E-state index contributed by atoms with van der Waals surface area (Å²) in [4.78, 5) is 24.3. The van der Waals surface area contributed by atoms with Gasteiger partial charge in [0.1, 0.15) is 11.4 Å². The van der Waals surface area contributed by atoms with Gasteiger partial charge in [0.25, 0.3) is 5.56 Å². The van der Waals surface area contributed by atoms with Crippen LogP contribution in [0.1, 0.15) is 26.3 Å². The van der Waals surface area contributed by atoms with E-state index in [1.807, 2.05) is 57.2 Å². The second-order valence-corrected chi connectivity index (χ2v) is 7.74. The molecule has 7 heteroatoms. The van der Waals surface area contributed by atoms with E-state index in [1.54, 1.807) is 20.2 Å². The molecule has 0 fully saturated rings. The van der Waals surface area contributed by atoms with Crippen LogP contribution in [0.25, 0.3) is 22.0 Å². The molecule has 0 aliphatic carbocycles. The average Bonchev–Trinajstić information content (AvgIpc) is 2.68. The van der Waals surface area contributed by atoms with Crippen LogP contribution in [0.3, 0.4) is 0 Å². The number of ether oxygens (including phenoxy) is 2. The molecule has 0 aliphatic heterocycles. The Hall–Kier alpha value is -3.35. The third-order valence-corrected chi connectivity index (χ3v) is 4.32. The number of hydrogen-bond acceptors (Lipinski definition) is 5. The summed E-state index contributed by atoms with van der Waals surface area (Å²) in [6, 6.07) is 13.0. The lowest BCUT2D eigenvalue weighted by molar-refractivity contribution is 0.0523. The Balaban J connectivity index is 1.87. The molecule has 0 atom stereocenters. The van der Waals surface area contributed by atoms with Crippen molar-refractivity contribution in [2.75, 3.05) is 7.11 Å². The molecular weight excluding hydrogens is 370 g/mol. The SMILES string of the molecule is COc1ccc2c(-c3ccc(CNC(=O)OC(C)(C)C)cc3)nn(C)c(=O)c2c1. The topological polar surface area (TPSA) is 82.4 Å². The highest BCUT2D eigenvalue weighted by Gasteiger charge is 2.16. The predicted octanol–water partition coefficient (Wildman–Crippen LogP) is 3.63. The molecule has 0 bridgehead atoms. The number of methoxy groups -OCH3 is 1. The van der Waals surface area contributed by atoms with Crippen molar-refractivity contribution in [2.45, 2.75) is 32.9 Å². The molecule has 3 rings (SSSR count). The maximum Gasteiger partial charge on any atom is 0.407 e. The van der Waals surface area contributed by atoms with Crippen molar-refractivity contribution in [1.29, 1.82) is 0 Å². The largest absolute Gasteiger partial charge is 0.497 e. The van der Waals surface area contributed by atoms with E-state index in [-0.39, 0.29) is 5.56 Å². The van der Waals surface area contributed by atoms with Crippen molar-refractivity contribution < 1.29 is 14.3 Å². The Bertz CT molecular complexity index is 1100. The summed E-state index contributed by atoms with van der Waals surface area (Å²) in [7, 11) is 3.20. The van der Waals surface area contributed by atoms with Gasteiger partial charge in [-0.2, -0.15) is 5.10 Å². The molecule has 1 N–H and O–H groups in total. The van der Waals surface area contributed by atoms with Gasteiger partial charge in [0, 0.05) is 24.5 Å². The number of nitrogens with one attached hydrogen (secondary N) is 1. The molecule has 0 radical (unpaired) electrons. The summed E-state index contributed by atoms with van der Waals surface area (Å²) in [5.74, 6) is 0.621. The van der Waals surface area contributed by atoms with Gasteiger partial charge in [-0.1, -0.05) is 24.3 Å². The van der Waals surface area contributed by atoms with Gasteiger partial charge < -0.3 is 14.8 Å². The number of aryl methyl sites for hydroxylation is 1. The number of amides is 1. The fourth-order valence-electron chi connectivity index (χ4n) is 2.94. The van der Waals surface area contributed by atoms with Gasteiger partial charge in [-0.25, -0.2) is 9.48 Å². The Morgan fingerprint density at radius 2 is 1.79 bits per heavy atom. The van der Waals surface area contributed by atoms with E-state index in [0.29, 0.717) is 23.4 Å². The maximum atomic E-state index is 12.5. The first-order valence-corrected chi connectivity index (χ1v) is 9.29. The standard InChI is InChI=1S/C22H25N3O4/c1-22(2,3)29-21(27)23-13-14-6-8-15(9-7-14)19-17-11-10-16(28-5)12-18(17)20(26)25(4)24-19/h6-12H,13H2,1-5H3,(H,23,27). The summed E-state index contributed by atoms with van der Waals surface area (Å²) in [6.07, 6.45) is -0.457. The smallest absolute Gasteiger partial charge is 0.407 e. The number of nitrogens with zero attached hydrogens (tertiary/aromatic N) is 2. The second-order valence-electron chi connectivity index (χ2n) is 7.74. The molecule has 29 heavy (non-hydrogen) atoms. The van der Waals surface area contributed by atoms with E-state index in [4.69, 9.17) is 9.47 Å². The number of alkyl carbamates (subject to hydrolysis) is 1. The fourth-order valence-corrected chi connectivity index (χ4v) is 2.94. The Labute approximate surface area is 169 Å². The van der Waals surface area contributed by atoms with Crippen LogP contribution in [0.4, 0.5) is 4.79 Å². The molecule has 2 aromatic carbocycles. The first kappa shape index (κ1) is 20.4. The quantitative estimate of drug-likeness (QED) is 0.729. The Morgan fingerprint density at radius 1 is 1.10 bits per heavy atom. The molecule has 1 amide bonds. The summed E-state index contributed by atoms with van der Waals surface area (Å²) < 4.78 is 11.8. The monoisotopic (exact) mass is 395 g/mol. The van der Waals surface area contributed by atoms with Gasteiger partial charge in [0.05, 0.1) is 18.2 Å².